The van der Waals surface area contributed by atoms with Crippen LogP contribution < -0.4 is 5.32 Å². The van der Waals surface area contributed by atoms with Crippen molar-refractivity contribution in [2.75, 3.05) is 5.32 Å². The molecule has 1 atom stereocenters. The molecule has 0 saturated heterocycles. The van der Waals surface area contributed by atoms with E-state index in [1.54, 1.807) is 18.3 Å². The average Bonchev–Trinajstić information content (AvgIpc) is 2.77. The quantitative estimate of drug-likeness (QED) is 0.905. The van der Waals surface area contributed by atoms with Gasteiger partial charge in [-0.1, -0.05) is 0 Å². The van der Waals surface area contributed by atoms with Crippen molar-refractivity contribution in [2.24, 2.45) is 0 Å². The van der Waals surface area contributed by atoms with Crippen LogP contribution in [-0.4, -0.2) is 10.2 Å². The Hall–Kier alpha value is -1.36. The maximum atomic E-state index is 13.0. The molecule has 0 saturated carbocycles. The lowest BCUT2D eigenvalue weighted by Gasteiger charge is -2.13. The van der Waals surface area contributed by atoms with E-state index >= 15 is 0 Å². The largest absolute Gasteiger partial charge is 0.377 e. The Kier molecular flexibility index (Phi) is 3.24. The number of hydrogen-bond donors (Lipinski definition) is 2. The van der Waals surface area contributed by atoms with E-state index in [0.717, 1.165) is 11.4 Å². The molecule has 16 heavy (non-hydrogen) atoms. The van der Waals surface area contributed by atoms with Gasteiger partial charge in [-0.05, 0) is 47.1 Å². The van der Waals surface area contributed by atoms with Crippen molar-refractivity contribution in [3.8, 4) is 0 Å². The molecule has 2 aromatic rings. The number of benzene rings is 1. The second-order valence-electron chi connectivity index (χ2n) is 3.51. The summed E-state index contributed by atoms with van der Waals surface area (Å²) >= 11 is 3.15. The van der Waals surface area contributed by atoms with Crippen LogP contribution in [0.4, 0.5) is 10.1 Å². The summed E-state index contributed by atoms with van der Waals surface area (Å²) in [5.74, 6) is -0.264. The second-order valence-corrected chi connectivity index (χ2v) is 4.36. The predicted octanol–water partition coefficient (Wildman–Crippen LogP) is 3.48. The van der Waals surface area contributed by atoms with E-state index in [-0.39, 0.29) is 11.9 Å². The molecule has 3 nitrogen and oxygen atoms in total. The molecule has 84 valence electrons. The van der Waals surface area contributed by atoms with Crippen molar-refractivity contribution >= 4 is 21.6 Å². The average molecular weight is 284 g/mol. The molecule has 0 bridgehead atoms. The van der Waals surface area contributed by atoms with E-state index in [9.17, 15) is 4.39 Å². The molecule has 1 unspecified atom stereocenters. The molecule has 2 rings (SSSR count). The van der Waals surface area contributed by atoms with E-state index in [1.807, 2.05) is 13.0 Å². The van der Waals surface area contributed by atoms with Gasteiger partial charge >= 0.3 is 0 Å². The van der Waals surface area contributed by atoms with Crippen LogP contribution in [0.3, 0.4) is 0 Å². The van der Waals surface area contributed by atoms with Gasteiger partial charge in [-0.25, -0.2) is 4.39 Å². The summed E-state index contributed by atoms with van der Waals surface area (Å²) in [4.78, 5) is 0. The fraction of sp³-hybridized carbons (Fsp3) is 0.182. The van der Waals surface area contributed by atoms with E-state index in [2.05, 4.69) is 31.4 Å². The van der Waals surface area contributed by atoms with E-state index < -0.39 is 0 Å². The highest BCUT2D eigenvalue weighted by Gasteiger charge is 2.07. The van der Waals surface area contributed by atoms with Gasteiger partial charge in [-0.2, -0.15) is 5.10 Å². The maximum Gasteiger partial charge on any atom is 0.137 e. The van der Waals surface area contributed by atoms with Crippen molar-refractivity contribution in [1.29, 1.82) is 0 Å². The highest BCUT2D eigenvalue weighted by molar-refractivity contribution is 9.10. The lowest BCUT2D eigenvalue weighted by molar-refractivity contribution is 0.621. The normalized spacial score (nSPS) is 12.4. The number of aromatic amines is 1. The minimum absolute atomic E-state index is 0.0971. The molecular formula is C11H11BrFN3. The Balaban J connectivity index is 2.12. The zero-order chi connectivity index (χ0) is 11.5. The van der Waals surface area contributed by atoms with Crippen molar-refractivity contribution in [1.82, 2.24) is 10.2 Å². The molecule has 1 heterocycles. The van der Waals surface area contributed by atoms with Crippen LogP contribution in [0, 0.1) is 5.82 Å². The molecule has 0 radical (unpaired) electrons. The van der Waals surface area contributed by atoms with Gasteiger partial charge < -0.3 is 5.32 Å². The van der Waals surface area contributed by atoms with Gasteiger partial charge in [0.1, 0.15) is 5.82 Å². The lowest BCUT2D eigenvalue weighted by Crippen LogP contribution is -2.07. The minimum Gasteiger partial charge on any atom is -0.377 e. The summed E-state index contributed by atoms with van der Waals surface area (Å²) in [7, 11) is 0. The summed E-state index contributed by atoms with van der Waals surface area (Å²) in [6.45, 7) is 2.00. The molecule has 0 amide bonds. The van der Waals surface area contributed by atoms with E-state index in [0.29, 0.717) is 4.47 Å². The van der Waals surface area contributed by atoms with E-state index in [1.165, 1.54) is 6.07 Å². The summed E-state index contributed by atoms with van der Waals surface area (Å²) < 4.78 is 13.5. The topological polar surface area (TPSA) is 40.7 Å². The molecule has 0 fully saturated rings. The second kappa shape index (κ2) is 4.65. The molecule has 0 aliphatic rings. The van der Waals surface area contributed by atoms with Crippen LogP contribution in [0.25, 0.3) is 0 Å². The van der Waals surface area contributed by atoms with Crippen LogP contribution in [0.15, 0.2) is 34.9 Å². The van der Waals surface area contributed by atoms with Crippen molar-refractivity contribution in [3.63, 3.8) is 0 Å². The molecule has 2 N–H and O–H groups in total. The van der Waals surface area contributed by atoms with Crippen LogP contribution >= 0.6 is 15.9 Å². The number of H-pyrrole nitrogens is 1. The molecule has 0 spiro atoms. The first-order valence-electron chi connectivity index (χ1n) is 4.87. The summed E-state index contributed by atoms with van der Waals surface area (Å²) in [5.41, 5.74) is 1.84. The van der Waals surface area contributed by atoms with Crippen molar-refractivity contribution in [2.45, 2.75) is 13.0 Å². The standard InChI is InChI=1S/C11H11BrFN3/c1-7(11-4-5-14-16-11)15-8-2-3-10(13)9(12)6-8/h2-7,15H,1H3,(H,14,16). The molecule has 5 heteroatoms. The molecule has 0 aliphatic carbocycles. The van der Waals surface area contributed by atoms with Crippen molar-refractivity contribution in [3.05, 3.63) is 46.4 Å². The van der Waals surface area contributed by atoms with Crippen LogP contribution in [-0.2, 0) is 0 Å². The lowest BCUT2D eigenvalue weighted by atomic mass is 10.2. The fourth-order valence-electron chi connectivity index (χ4n) is 1.42. The molecule has 0 aliphatic heterocycles. The van der Waals surface area contributed by atoms with Gasteiger partial charge in [-0.3, -0.25) is 5.10 Å². The van der Waals surface area contributed by atoms with Crippen molar-refractivity contribution < 1.29 is 4.39 Å². The van der Waals surface area contributed by atoms with Gasteiger partial charge in [0.15, 0.2) is 0 Å². The number of nitrogens with one attached hydrogen (secondary N) is 2. The maximum absolute atomic E-state index is 13.0. The Morgan fingerprint density at radius 2 is 2.25 bits per heavy atom. The fourth-order valence-corrected chi connectivity index (χ4v) is 1.80. The number of hydrogen-bond acceptors (Lipinski definition) is 2. The van der Waals surface area contributed by atoms with Gasteiger partial charge in [0.2, 0.25) is 0 Å². The third kappa shape index (κ3) is 2.41. The monoisotopic (exact) mass is 283 g/mol. The van der Waals surface area contributed by atoms with E-state index in [4.69, 9.17) is 0 Å². The van der Waals surface area contributed by atoms with Crippen LogP contribution in [0.1, 0.15) is 18.7 Å². The molecule has 1 aromatic carbocycles. The Morgan fingerprint density at radius 3 is 2.88 bits per heavy atom. The number of aromatic nitrogens is 2. The zero-order valence-electron chi connectivity index (χ0n) is 8.67. The van der Waals surface area contributed by atoms with Crippen LogP contribution in [0.5, 0.6) is 0 Å². The summed E-state index contributed by atoms with van der Waals surface area (Å²) in [6.07, 6.45) is 1.70. The first-order chi connectivity index (χ1) is 7.66. The Labute approximate surface area is 101 Å². The predicted molar refractivity (Wildman–Crippen MR) is 64.7 cm³/mol. The third-order valence-corrected chi connectivity index (χ3v) is 2.90. The molecular weight excluding hydrogens is 273 g/mol. The number of nitrogens with zero attached hydrogens (tertiary/aromatic N) is 1. The van der Waals surface area contributed by atoms with Gasteiger partial charge in [0.05, 0.1) is 16.2 Å². The highest BCUT2D eigenvalue weighted by Crippen LogP contribution is 2.23. The number of halogens is 2. The summed E-state index contributed by atoms with van der Waals surface area (Å²) in [5, 5.41) is 10.0. The minimum atomic E-state index is -0.264. The first kappa shape index (κ1) is 11.1. The molecule has 1 aromatic heterocycles. The zero-order valence-corrected chi connectivity index (χ0v) is 10.3. The van der Waals surface area contributed by atoms with Gasteiger partial charge in [-0.15, -0.1) is 0 Å². The van der Waals surface area contributed by atoms with Gasteiger partial charge in [0.25, 0.3) is 0 Å². The Bertz CT molecular complexity index is 470. The Morgan fingerprint density at radius 1 is 1.44 bits per heavy atom. The first-order valence-corrected chi connectivity index (χ1v) is 5.67. The smallest absolute Gasteiger partial charge is 0.137 e. The SMILES string of the molecule is CC(Nc1ccc(F)c(Br)c1)c1ccn[nH]1. The number of anilines is 1. The third-order valence-electron chi connectivity index (χ3n) is 2.29. The number of rotatable bonds is 3. The highest BCUT2D eigenvalue weighted by atomic mass is 79.9. The van der Waals surface area contributed by atoms with Crippen LogP contribution in [0.2, 0.25) is 0 Å². The summed E-state index contributed by atoms with van der Waals surface area (Å²) in [6, 6.07) is 6.83. The van der Waals surface area contributed by atoms with Gasteiger partial charge in [0, 0.05) is 11.9 Å².